The van der Waals surface area contributed by atoms with Crippen LogP contribution in [0.4, 0.5) is 0 Å². The van der Waals surface area contributed by atoms with E-state index < -0.39 is 0 Å². The van der Waals surface area contributed by atoms with Crippen molar-refractivity contribution in [2.45, 2.75) is 0 Å². The van der Waals surface area contributed by atoms with E-state index >= 15 is 0 Å². The molecule has 0 saturated carbocycles. The topological polar surface area (TPSA) is 96.6 Å². The predicted molar refractivity (Wildman–Crippen MR) is 130 cm³/mol. The average Bonchev–Trinajstić information content (AvgIpc) is 3.37. The number of hydrogen-bond donors (Lipinski definition) is 0. The fourth-order valence-electron chi connectivity index (χ4n) is 3.67. The van der Waals surface area contributed by atoms with Crippen molar-refractivity contribution in [2.24, 2.45) is 9.98 Å². The molecule has 0 radical (unpaired) electrons. The van der Waals surface area contributed by atoms with E-state index in [4.69, 9.17) is 0 Å². The molecule has 0 unspecified atom stereocenters. The minimum absolute atomic E-state index is 0. The summed E-state index contributed by atoms with van der Waals surface area (Å²) in [5.41, 5.74) is 6.05. The van der Waals surface area contributed by atoms with Crippen molar-refractivity contribution in [1.29, 1.82) is 0 Å². The van der Waals surface area contributed by atoms with E-state index in [0.29, 0.717) is 22.5 Å². The largest absolute Gasteiger partial charge is 2.00 e. The zero-order chi connectivity index (χ0) is 23.3. The summed E-state index contributed by atoms with van der Waals surface area (Å²) in [6.07, 6.45) is 7.08. The zero-order valence-corrected chi connectivity index (χ0v) is 21.7. The summed E-state index contributed by atoms with van der Waals surface area (Å²) < 4.78 is 0. The van der Waals surface area contributed by atoms with Crippen molar-refractivity contribution >= 4 is 35.3 Å². The Kier molecular flexibility index (Phi) is 7.39. The molecule has 0 aliphatic carbocycles. The van der Waals surface area contributed by atoms with E-state index in [-0.39, 0.29) is 31.3 Å². The van der Waals surface area contributed by atoms with Gasteiger partial charge in [0.05, 0.1) is 22.8 Å². The van der Waals surface area contributed by atoms with E-state index in [9.17, 15) is 10.2 Å². The quantitative estimate of drug-likeness (QED) is 0.388. The molecule has 4 aromatic rings. The van der Waals surface area contributed by atoms with Crippen molar-refractivity contribution in [1.82, 2.24) is 9.97 Å². The van der Waals surface area contributed by atoms with Crippen LogP contribution in [0.1, 0.15) is 33.6 Å². The van der Waals surface area contributed by atoms with Crippen LogP contribution < -0.4 is 10.2 Å². The monoisotopic (exact) mass is 506 g/mol. The van der Waals surface area contributed by atoms with Crippen molar-refractivity contribution in [3.8, 4) is 0 Å². The minimum atomic E-state index is -0.178. The molecule has 4 heterocycles. The van der Waals surface area contributed by atoms with Gasteiger partial charge in [-0.25, -0.2) is 0 Å². The molecule has 0 spiro atoms. The summed E-state index contributed by atoms with van der Waals surface area (Å²) >= 11 is 0. The molecule has 35 heavy (non-hydrogen) atoms. The maximum atomic E-state index is 11.6. The molecular formula is C28H18N4O2Zn. The van der Waals surface area contributed by atoms with E-state index in [1.165, 1.54) is 0 Å². The number of hydrogen-bond acceptors (Lipinski definition) is 6. The molecule has 7 heteroatoms. The Morgan fingerprint density at radius 3 is 1.23 bits per heavy atom. The van der Waals surface area contributed by atoms with Gasteiger partial charge in [-0.3, -0.25) is 20.0 Å². The Hall–Kier alpha value is -4.22. The molecular weight excluding hydrogens is 490 g/mol. The van der Waals surface area contributed by atoms with Gasteiger partial charge in [0.1, 0.15) is 0 Å². The Labute approximate surface area is 215 Å². The first-order valence-corrected chi connectivity index (χ1v) is 10.7. The van der Waals surface area contributed by atoms with Gasteiger partial charge >= 0.3 is 19.5 Å². The second-order valence-corrected chi connectivity index (χ2v) is 7.49. The molecule has 6 rings (SSSR count). The van der Waals surface area contributed by atoms with Crippen LogP contribution in [-0.4, -0.2) is 21.8 Å². The molecule has 0 fully saturated rings. The van der Waals surface area contributed by atoms with Crippen LogP contribution in [0.25, 0.3) is 23.5 Å². The van der Waals surface area contributed by atoms with Gasteiger partial charge in [0.15, 0.2) is 0 Å². The van der Waals surface area contributed by atoms with Gasteiger partial charge in [-0.1, -0.05) is 60.7 Å². The van der Waals surface area contributed by atoms with E-state index in [1.807, 2.05) is 84.9 Å². The normalized spacial score (nSPS) is 15.3. The van der Waals surface area contributed by atoms with Crippen molar-refractivity contribution in [3.63, 3.8) is 0 Å². The van der Waals surface area contributed by atoms with E-state index in [2.05, 4.69) is 20.0 Å². The number of nitrogens with zero attached hydrogens (tertiary/aromatic N) is 4. The van der Waals surface area contributed by atoms with Gasteiger partial charge in [0.25, 0.3) is 0 Å². The molecule has 0 atom stereocenters. The molecule has 2 aromatic heterocycles. The third kappa shape index (κ3) is 5.31. The number of rotatable bonds is 2. The molecule has 6 nitrogen and oxygen atoms in total. The molecule has 2 aliphatic rings. The summed E-state index contributed by atoms with van der Waals surface area (Å²) in [5.74, 6) is -0.356. The predicted octanol–water partition coefficient (Wildman–Crippen LogP) is 3.40. The fraction of sp³-hybridized carbons (Fsp3) is 0. The summed E-state index contributed by atoms with van der Waals surface area (Å²) in [7, 11) is 0. The fourth-order valence-corrected chi connectivity index (χ4v) is 3.67. The van der Waals surface area contributed by atoms with Crippen molar-refractivity contribution in [2.75, 3.05) is 0 Å². The van der Waals surface area contributed by atoms with Gasteiger partial charge < -0.3 is 10.2 Å². The number of fused-ring (bicyclic) bond motifs is 2. The summed E-state index contributed by atoms with van der Waals surface area (Å²) in [6, 6.07) is 26.2. The minimum Gasteiger partial charge on any atom is -0.858 e. The molecule has 2 aromatic carbocycles. The second kappa shape index (κ2) is 10.8. The first-order valence-electron chi connectivity index (χ1n) is 10.7. The Morgan fingerprint density at radius 1 is 0.486 bits per heavy atom. The first-order chi connectivity index (χ1) is 16.7. The SMILES string of the molecule is [O-]C1=N/C(=C\c2ccccn2)c2ccccc21.[O-]C1=N/C(=C\c2ccccn2)c2ccccc21.[Zn+2]. The molecule has 0 saturated heterocycles. The second-order valence-electron chi connectivity index (χ2n) is 7.49. The number of aromatic nitrogens is 2. The smallest absolute Gasteiger partial charge is 0.858 e. The van der Waals surface area contributed by atoms with E-state index in [1.54, 1.807) is 24.5 Å². The van der Waals surface area contributed by atoms with Gasteiger partial charge in [0.2, 0.25) is 0 Å². The van der Waals surface area contributed by atoms with Crippen molar-refractivity contribution in [3.05, 3.63) is 131 Å². The third-order valence-corrected chi connectivity index (χ3v) is 5.26. The molecule has 164 valence electrons. The van der Waals surface area contributed by atoms with Gasteiger partial charge in [-0.05, 0) is 59.3 Å². The van der Waals surface area contributed by atoms with Crippen LogP contribution in [-0.2, 0) is 19.5 Å². The van der Waals surface area contributed by atoms with Gasteiger partial charge in [-0.15, -0.1) is 0 Å². The molecule has 0 bridgehead atoms. The molecule has 0 N–H and O–H groups in total. The maximum Gasteiger partial charge on any atom is 2.00 e. The van der Waals surface area contributed by atoms with Crippen LogP contribution in [0.3, 0.4) is 0 Å². The third-order valence-electron chi connectivity index (χ3n) is 5.26. The first kappa shape index (κ1) is 23.9. The van der Waals surface area contributed by atoms with Gasteiger partial charge in [0, 0.05) is 23.5 Å². The Morgan fingerprint density at radius 2 is 0.857 bits per heavy atom. The average molecular weight is 508 g/mol. The summed E-state index contributed by atoms with van der Waals surface area (Å²) in [4.78, 5) is 16.5. The van der Waals surface area contributed by atoms with Crippen LogP contribution >= 0.6 is 0 Å². The summed E-state index contributed by atoms with van der Waals surface area (Å²) in [6.45, 7) is 0. The molecule has 0 amide bonds. The van der Waals surface area contributed by atoms with Crippen LogP contribution in [0, 0.1) is 0 Å². The number of aliphatic imine (C=N–C) groups is 2. The Bertz CT molecular complexity index is 1350. The Balaban J connectivity index is 0.000000160. The van der Waals surface area contributed by atoms with E-state index in [0.717, 1.165) is 22.5 Å². The van der Waals surface area contributed by atoms with Crippen LogP contribution in [0.2, 0.25) is 0 Å². The number of benzene rings is 2. The zero-order valence-electron chi connectivity index (χ0n) is 18.7. The standard InChI is InChI=1S/2C14H10N2O.Zn/c2*17-14-12-7-2-1-6-11(12)13(16-14)9-10-5-3-4-8-15-10;/h2*1-9H,(H,16,17);/q;;+2/p-2/b2*13-9-;. The van der Waals surface area contributed by atoms with Crippen LogP contribution in [0.5, 0.6) is 0 Å². The molecule has 2 aliphatic heterocycles. The summed E-state index contributed by atoms with van der Waals surface area (Å²) in [5, 5.41) is 23.3. The van der Waals surface area contributed by atoms with Gasteiger partial charge in [-0.2, -0.15) is 0 Å². The maximum absolute atomic E-state index is 11.6. The van der Waals surface area contributed by atoms with Crippen molar-refractivity contribution < 1.29 is 29.7 Å². The van der Waals surface area contributed by atoms with Crippen LogP contribution in [0.15, 0.2) is 107 Å². The number of pyridine rings is 2.